The van der Waals surface area contributed by atoms with Gasteiger partial charge in [-0.15, -0.1) is 5.10 Å². The molecule has 9 nitrogen and oxygen atoms in total. The van der Waals surface area contributed by atoms with E-state index < -0.39 is 0 Å². The van der Waals surface area contributed by atoms with Gasteiger partial charge in [0.2, 0.25) is 6.19 Å². The van der Waals surface area contributed by atoms with Crippen LogP contribution < -0.4 is 10.0 Å². The number of benzene rings is 1. The summed E-state index contributed by atoms with van der Waals surface area (Å²) >= 11 is 0. The lowest BCUT2D eigenvalue weighted by atomic mass is 10.1. The van der Waals surface area contributed by atoms with Gasteiger partial charge in [-0.1, -0.05) is 23.4 Å². The molecule has 110 valence electrons. The molecule has 4 heterocycles. The second kappa shape index (κ2) is 4.17. The molecule has 0 aliphatic carbocycles. The number of para-hydroxylation sites is 1. The number of imidazole rings is 1. The lowest BCUT2D eigenvalue weighted by Crippen LogP contribution is -2.42. The fourth-order valence-corrected chi connectivity index (χ4v) is 2.96. The van der Waals surface area contributed by atoms with Crippen molar-refractivity contribution in [2.24, 2.45) is 4.99 Å². The molecular weight excluding hydrogens is 294 g/mol. The lowest BCUT2D eigenvalue weighted by molar-refractivity contribution is 0.657. The molecule has 3 aromatic rings. The summed E-state index contributed by atoms with van der Waals surface area (Å²) in [6, 6.07) is 8.07. The molecule has 0 amide bonds. The maximum atomic E-state index is 8.91. The van der Waals surface area contributed by atoms with Crippen molar-refractivity contribution in [3.63, 3.8) is 0 Å². The number of hydrogen-bond donors (Lipinski definition) is 0. The van der Waals surface area contributed by atoms with E-state index >= 15 is 0 Å². The average Bonchev–Trinajstić information content (AvgIpc) is 3.32. The minimum absolute atomic E-state index is 0.192. The van der Waals surface area contributed by atoms with Gasteiger partial charge in [-0.25, -0.2) is 20.0 Å². The standard InChI is InChI=1S/C14H9N9/c15-7-20-6-12(18-19-20)22-9-17-14-10-3-1-2-4-11(10)21-8-16-5-13(21)23(14)22/h1-6,8-9,14H. The van der Waals surface area contributed by atoms with Crippen LogP contribution in [-0.2, 0) is 0 Å². The van der Waals surface area contributed by atoms with Crippen molar-refractivity contribution >= 4 is 18.0 Å². The second-order valence-electron chi connectivity index (χ2n) is 5.13. The Bertz CT molecular complexity index is 976. The van der Waals surface area contributed by atoms with E-state index in [0.29, 0.717) is 5.82 Å². The van der Waals surface area contributed by atoms with E-state index in [-0.39, 0.29) is 6.17 Å². The molecule has 23 heavy (non-hydrogen) atoms. The predicted octanol–water partition coefficient (Wildman–Crippen LogP) is 1.08. The van der Waals surface area contributed by atoms with Crippen molar-refractivity contribution in [3.8, 4) is 11.9 Å². The molecule has 5 rings (SSSR count). The quantitative estimate of drug-likeness (QED) is 0.668. The smallest absolute Gasteiger partial charge is 0.207 e. The predicted molar refractivity (Wildman–Crippen MR) is 80.8 cm³/mol. The van der Waals surface area contributed by atoms with Gasteiger partial charge in [-0.2, -0.15) is 9.94 Å². The Balaban J connectivity index is 1.68. The molecule has 0 fully saturated rings. The lowest BCUT2D eigenvalue weighted by Gasteiger charge is -2.36. The first-order valence-corrected chi connectivity index (χ1v) is 6.92. The molecule has 0 saturated heterocycles. The fraction of sp³-hybridized carbons (Fsp3) is 0.0714. The Hall–Kier alpha value is -3.67. The monoisotopic (exact) mass is 303 g/mol. The van der Waals surface area contributed by atoms with Crippen LogP contribution in [0.3, 0.4) is 0 Å². The van der Waals surface area contributed by atoms with Crippen molar-refractivity contribution in [3.05, 3.63) is 48.5 Å². The van der Waals surface area contributed by atoms with Crippen molar-refractivity contribution in [1.82, 2.24) is 24.5 Å². The summed E-state index contributed by atoms with van der Waals surface area (Å²) in [5.74, 6) is 1.39. The Morgan fingerprint density at radius 1 is 1.22 bits per heavy atom. The minimum atomic E-state index is -0.192. The highest BCUT2D eigenvalue weighted by atomic mass is 15.7. The number of aromatic nitrogens is 5. The number of nitriles is 1. The molecule has 1 aromatic carbocycles. The van der Waals surface area contributed by atoms with Crippen molar-refractivity contribution < 1.29 is 0 Å². The van der Waals surface area contributed by atoms with Crippen LogP contribution in [0.1, 0.15) is 11.7 Å². The van der Waals surface area contributed by atoms with Crippen LogP contribution in [0.15, 0.2) is 48.0 Å². The third-order valence-corrected chi connectivity index (χ3v) is 3.93. The van der Waals surface area contributed by atoms with Crippen LogP contribution in [0, 0.1) is 11.5 Å². The highest BCUT2D eigenvalue weighted by Gasteiger charge is 2.38. The van der Waals surface area contributed by atoms with Crippen LogP contribution in [0.2, 0.25) is 0 Å². The molecule has 1 unspecified atom stereocenters. The Labute approximate surface area is 130 Å². The summed E-state index contributed by atoms with van der Waals surface area (Å²) in [5.41, 5.74) is 2.13. The third-order valence-electron chi connectivity index (χ3n) is 3.93. The van der Waals surface area contributed by atoms with Gasteiger partial charge < -0.3 is 0 Å². The van der Waals surface area contributed by atoms with Crippen LogP contribution in [0.4, 0.5) is 11.6 Å². The molecule has 2 aliphatic heterocycles. The van der Waals surface area contributed by atoms with Gasteiger partial charge in [0.25, 0.3) is 0 Å². The van der Waals surface area contributed by atoms with E-state index in [1.165, 1.54) is 0 Å². The molecule has 2 aromatic heterocycles. The van der Waals surface area contributed by atoms with Gasteiger partial charge >= 0.3 is 0 Å². The topological polar surface area (TPSA) is 91.2 Å². The van der Waals surface area contributed by atoms with Gasteiger partial charge in [0.1, 0.15) is 12.7 Å². The highest BCUT2D eigenvalue weighted by molar-refractivity contribution is 5.86. The van der Waals surface area contributed by atoms with E-state index in [2.05, 4.69) is 20.3 Å². The highest BCUT2D eigenvalue weighted by Crippen LogP contribution is 2.42. The first kappa shape index (κ1) is 11.9. The molecule has 0 bridgehead atoms. The Morgan fingerprint density at radius 2 is 2.13 bits per heavy atom. The number of anilines is 2. The van der Waals surface area contributed by atoms with Crippen LogP contribution >= 0.6 is 0 Å². The number of hydrazine groups is 1. The summed E-state index contributed by atoms with van der Waals surface area (Å²) in [4.78, 5) is 8.85. The van der Waals surface area contributed by atoms with E-state index in [9.17, 15) is 0 Å². The van der Waals surface area contributed by atoms with Crippen LogP contribution in [-0.4, -0.2) is 30.9 Å². The summed E-state index contributed by atoms with van der Waals surface area (Å²) in [6.07, 6.45) is 8.51. The SMILES string of the molecule is N#Cn1cc(N2C=NC3c4ccccc4-n4cncc4N32)nn1. The van der Waals surface area contributed by atoms with E-state index in [4.69, 9.17) is 5.26 Å². The zero-order valence-corrected chi connectivity index (χ0v) is 11.7. The number of nitrogens with zero attached hydrogens (tertiary/aromatic N) is 9. The summed E-state index contributed by atoms with van der Waals surface area (Å²) in [6.45, 7) is 0. The fourth-order valence-electron chi connectivity index (χ4n) is 2.96. The Kier molecular flexibility index (Phi) is 2.16. The molecule has 9 heteroatoms. The zero-order valence-electron chi connectivity index (χ0n) is 11.7. The largest absolute Gasteiger partial charge is 0.284 e. The molecule has 0 N–H and O–H groups in total. The number of fused-ring (bicyclic) bond motifs is 6. The van der Waals surface area contributed by atoms with Crippen LogP contribution in [0.25, 0.3) is 5.69 Å². The van der Waals surface area contributed by atoms with Gasteiger partial charge in [-0.3, -0.25) is 4.57 Å². The van der Waals surface area contributed by atoms with Crippen molar-refractivity contribution in [1.29, 1.82) is 5.26 Å². The molecule has 0 saturated carbocycles. The number of hydrogen-bond acceptors (Lipinski definition) is 7. The van der Waals surface area contributed by atoms with E-state index in [1.807, 2.05) is 40.0 Å². The molecule has 1 atom stereocenters. The average molecular weight is 303 g/mol. The molecular formula is C14H9N9. The molecule has 2 aliphatic rings. The Morgan fingerprint density at radius 3 is 3.00 bits per heavy atom. The summed E-state index contributed by atoms with van der Waals surface area (Å²) < 4.78 is 3.11. The van der Waals surface area contributed by atoms with Gasteiger partial charge in [0.15, 0.2) is 17.8 Å². The van der Waals surface area contributed by atoms with Gasteiger partial charge in [0, 0.05) is 5.56 Å². The summed E-state index contributed by atoms with van der Waals surface area (Å²) in [5, 5.41) is 20.4. The molecule has 0 spiro atoms. The van der Waals surface area contributed by atoms with E-state index in [1.54, 1.807) is 30.1 Å². The third kappa shape index (κ3) is 1.49. The maximum Gasteiger partial charge on any atom is 0.207 e. The van der Waals surface area contributed by atoms with Gasteiger partial charge in [0.05, 0.1) is 18.1 Å². The normalized spacial score (nSPS) is 17.6. The van der Waals surface area contributed by atoms with Crippen LogP contribution in [0.5, 0.6) is 0 Å². The first-order chi connectivity index (χ1) is 11.4. The van der Waals surface area contributed by atoms with E-state index in [0.717, 1.165) is 21.8 Å². The number of rotatable bonds is 1. The first-order valence-electron chi connectivity index (χ1n) is 6.92. The minimum Gasteiger partial charge on any atom is -0.284 e. The molecule has 0 radical (unpaired) electrons. The second-order valence-corrected chi connectivity index (χ2v) is 5.13. The summed E-state index contributed by atoms with van der Waals surface area (Å²) in [7, 11) is 0. The number of aliphatic imine (C=N–C) groups is 1. The maximum absolute atomic E-state index is 8.91. The zero-order chi connectivity index (χ0) is 15.4. The van der Waals surface area contributed by atoms with Gasteiger partial charge in [-0.05, 0) is 6.07 Å². The van der Waals surface area contributed by atoms with Crippen molar-refractivity contribution in [2.75, 3.05) is 10.0 Å². The van der Waals surface area contributed by atoms with Crippen molar-refractivity contribution in [2.45, 2.75) is 6.17 Å².